The normalized spacial score (nSPS) is 21.5. The maximum absolute atomic E-state index is 12.9. The molecule has 1 amide bonds. The summed E-state index contributed by atoms with van der Waals surface area (Å²) >= 11 is 0. The maximum Gasteiger partial charge on any atom is 0.389 e. The molecule has 1 saturated heterocycles. The molecule has 1 aromatic rings. The molecule has 0 bridgehead atoms. The molecular formula is C22H29F3N2O7. The van der Waals surface area contributed by atoms with E-state index in [1.54, 1.807) is 6.92 Å². The number of esters is 2. The van der Waals surface area contributed by atoms with Crippen LogP contribution in [0.5, 0.6) is 11.5 Å². The molecular weight excluding hydrogens is 461 g/mol. The fourth-order valence-corrected chi connectivity index (χ4v) is 3.47. The number of nitrogens with zero attached hydrogens (tertiary/aromatic N) is 1. The molecule has 0 saturated carbocycles. The Hall–Kier alpha value is -2.89. The molecule has 34 heavy (non-hydrogen) atoms. The molecule has 1 aliphatic rings. The number of pyridine rings is 1. The molecule has 1 fully saturated rings. The topological polar surface area (TPSA) is 113 Å². The minimum Gasteiger partial charge on any atom is -0.493 e. The third-order valence-electron chi connectivity index (χ3n) is 5.13. The number of carbonyl (C=O) groups is 3. The van der Waals surface area contributed by atoms with Crippen LogP contribution < -0.4 is 14.8 Å². The first kappa shape index (κ1) is 27.4. The van der Waals surface area contributed by atoms with Crippen molar-refractivity contribution in [3.05, 3.63) is 18.0 Å². The summed E-state index contributed by atoms with van der Waals surface area (Å²) in [5.41, 5.74) is -0.235. The van der Waals surface area contributed by atoms with Crippen LogP contribution in [0.4, 0.5) is 13.2 Å². The first-order valence-electron chi connectivity index (χ1n) is 10.9. The van der Waals surface area contributed by atoms with Gasteiger partial charge in [0.1, 0.15) is 12.1 Å². The van der Waals surface area contributed by atoms with Crippen LogP contribution in [0.25, 0.3) is 0 Å². The van der Waals surface area contributed by atoms with Crippen LogP contribution in [0.2, 0.25) is 0 Å². The number of ether oxygens (including phenoxy) is 4. The van der Waals surface area contributed by atoms with Crippen LogP contribution in [0, 0.1) is 0 Å². The number of methoxy groups -OCH3 is 1. The molecule has 0 spiro atoms. The highest BCUT2D eigenvalue weighted by molar-refractivity contribution is 5.98. The van der Waals surface area contributed by atoms with Crippen molar-refractivity contribution >= 4 is 17.8 Å². The lowest BCUT2D eigenvalue weighted by atomic mass is 10.0. The van der Waals surface area contributed by atoms with E-state index in [9.17, 15) is 27.6 Å². The number of aromatic nitrogens is 1. The van der Waals surface area contributed by atoms with Crippen molar-refractivity contribution in [2.45, 2.75) is 76.8 Å². The molecule has 9 nitrogen and oxygen atoms in total. The van der Waals surface area contributed by atoms with Gasteiger partial charge in [0.25, 0.3) is 5.91 Å². The van der Waals surface area contributed by atoms with E-state index in [2.05, 4.69) is 10.3 Å². The average molecular weight is 490 g/mol. The number of cyclic esters (lactones) is 1. The standard InChI is InChI=1S/C22H29F3N2O7/c1-13-16(32-12-6-10-22(23,24)25)8-5-4-7-15(21(30)33-13)27-20(29)18-19(34-14(2)28)17(31-3)9-11-26-18/h9,11,13,15-16H,4-8,10,12H2,1-3H3,(H,27,29)/t13-,15-,16+/m0/s1. The number of halogens is 3. The average Bonchev–Trinajstić information content (AvgIpc) is 2.81. The summed E-state index contributed by atoms with van der Waals surface area (Å²) in [5.74, 6) is -2.21. The molecule has 2 rings (SSSR count). The van der Waals surface area contributed by atoms with E-state index in [1.165, 1.54) is 19.4 Å². The second kappa shape index (κ2) is 12.5. The number of carbonyl (C=O) groups excluding carboxylic acids is 3. The Kier molecular flexibility index (Phi) is 10.1. The van der Waals surface area contributed by atoms with E-state index in [0.717, 1.165) is 6.92 Å². The Labute approximate surface area is 195 Å². The summed E-state index contributed by atoms with van der Waals surface area (Å²) in [6, 6.07) is 0.414. The van der Waals surface area contributed by atoms with E-state index in [0.29, 0.717) is 19.3 Å². The van der Waals surface area contributed by atoms with Gasteiger partial charge in [-0.15, -0.1) is 0 Å². The Balaban J connectivity index is 2.05. The van der Waals surface area contributed by atoms with Crippen molar-refractivity contribution in [2.24, 2.45) is 0 Å². The Bertz CT molecular complexity index is 863. The zero-order valence-electron chi connectivity index (χ0n) is 19.3. The second-order valence-electron chi connectivity index (χ2n) is 7.87. The van der Waals surface area contributed by atoms with E-state index in [1.807, 2.05) is 0 Å². The molecule has 0 unspecified atom stereocenters. The van der Waals surface area contributed by atoms with Crippen molar-refractivity contribution < 1.29 is 46.5 Å². The smallest absolute Gasteiger partial charge is 0.389 e. The highest BCUT2D eigenvalue weighted by Gasteiger charge is 2.32. The lowest BCUT2D eigenvalue weighted by Crippen LogP contribution is -2.44. The quantitative estimate of drug-likeness (QED) is 0.436. The largest absolute Gasteiger partial charge is 0.493 e. The van der Waals surface area contributed by atoms with Gasteiger partial charge in [-0.2, -0.15) is 13.2 Å². The number of alkyl halides is 3. The minimum atomic E-state index is -4.25. The van der Waals surface area contributed by atoms with Crippen LogP contribution in [0.15, 0.2) is 12.3 Å². The van der Waals surface area contributed by atoms with Crippen LogP contribution in [-0.2, 0) is 19.1 Å². The molecule has 1 N–H and O–H groups in total. The summed E-state index contributed by atoms with van der Waals surface area (Å²) in [7, 11) is 1.34. The van der Waals surface area contributed by atoms with Crippen molar-refractivity contribution in [1.82, 2.24) is 10.3 Å². The zero-order valence-corrected chi connectivity index (χ0v) is 19.3. The number of nitrogens with one attached hydrogen (secondary N) is 1. The predicted octanol–water partition coefficient (Wildman–Crippen LogP) is 3.35. The van der Waals surface area contributed by atoms with Crippen molar-refractivity contribution in [3.8, 4) is 11.5 Å². The van der Waals surface area contributed by atoms with Gasteiger partial charge in [0, 0.05) is 32.2 Å². The lowest BCUT2D eigenvalue weighted by Gasteiger charge is -2.25. The van der Waals surface area contributed by atoms with E-state index < -0.39 is 48.7 Å². The highest BCUT2D eigenvalue weighted by Crippen LogP contribution is 2.30. The van der Waals surface area contributed by atoms with Gasteiger partial charge < -0.3 is 24.3 Å². The van der Waals surface area contributed by atoms with Gasteiger partial charge >= 0.3 is 18.1 Å². The van der Waals surface area contributed by atoms with Crippen LogP contribution in [-0.4, -0.2) is 61.0 Å². The first-order valence-corrected chi connectivity index (χ1v) is 10.9. The molecule has 12 heteroatoms. The first-order chi connectivity index (χ1) is 16.0. The zero-order chi connectivity index (χ0) is 25.3. The monoisotopic (exact) mass is 490 g/mol. The van der Waals surface area contributed by atoms with E-state index in [4.69, 9.17) is 18.9 Å². The lowest BCUT2D eigenvalue weighted by molar-refractivity contribution is -0.159. The molecule has 0 radical (unpaired) electrons. The summed E-state index contributed by atoms with van der Waals surface area (Å²) in [6.45, 7) is 2.65. The number of amides is 1. The van der Waals surface area contributed by atoms with E-state index >= 15 is 0 Å². The molecule has 1 aromatic heterocycles. The molecule has 190 valence electrons. The van der Waals surface area contributed by atoms with Gasteiger partial charge in [-0.1, -0.05) is 12.8 Å². The van der Waals surface area contributed by atoms with Crippen molar-refractivity contribution in [2.75, 3.05) is 13.7 Å². The minimum absolute atomic E-state index is 0.104. The number of rotatable bonds is 8. The molecule has 1 aliphatic heterocycles. The SMILES string of the molecule is COc1ccnc(C(=O)N[C@H]2CCCC[C@@H](OCCCC(F)(F)F)[C@H](C)OC2=O)c1OC(C)=O. The van der Waals surface area contributed by atoms with Gasteiger partial charge in [-0.25, -0.2) is 9.78 Å². The summed E-state index contributed by atoms with van der Waals surface area (Å²) < 4.78 is 58.2. The Morgan fingerprint density at radius 1 is 1.26 bits per heavy atom. The summed E-state index contributed by atoms with van der Waals surface area (Å²) in [4.78, 5) is 41.0. The van der Waals surface area contributed by atoms with Gasteiger partial charge in [-0.3, -0.25) is 9.59 Å². The van der Waals surface area contributed by atoms with Gasteiger partial charge in [0.2, 0.25) is 5.75 Å². The fourth-order valence-electron chi connectivity index (χ4n) is 3.47. The molecule has 0 aromatic carbocycles. The Morgan fingerprint density at radius 3 is 2.62 bits per heavy atom. The second-order valence-corrected chi connectivity index (χ2v) is 7.87. The number of hydrogen-bond acceptors (Lipinski definition) is 8. The third-order valence-corrected chi connectivity index (χ3v) is 5.13. The van der Waals surface area contributed by atoms with Crippen LogP contribution in [0.1, 0.15) is 62.9 Å². The molecule has 0 aliphatic carbocycles. The number of hydrogen-bond donors (Lipinski definition) is 1. The van der Waals surface area contributed by atoms with Gasteiger partial charge in [-0.05, 0) is 26.2 Å². The summed E-state index contributed by atoms with van der Waals surface area (Å²) in [6.07, 6.45) is -3.44. The van der Waals surface area contributed by atoms with E-state index in [-0.39, 0.29) is 36.6 Å². The highest BCUT2D eigenvalue weighted by atomic mass is 19.4. The molecule has 2 heterocycles. The van der Waals surface area contributed by atoms with Crippen LogP contribution >= 0.6 is 0 Å². The summed E-state index contributed by atoms with van der Waals surface area (Å²) in [5, 5.41) is 2.56. The van der Waals surface area contributed by atoms with Gasteiger partial charge in [0.05, 0.1) is 13.2 Å². The van der Waals surface area contributed by atoms with Crippen LogP contribution in [0.3, 0.4) is 0 Å². The Morgan fingerprint density at radius 2 is 1.97 bits per heavy atom. The predicted molar refractivity (Wildman–Crippen MR) is 112 cm³/mol. The fraction of sp³-hybridized carbons (Fsp3) is 0.636. The maximum atomic E-state index is 12.9. The van der Waals surface area contributed by atoms with Gasteiger partial charge in [0.15, 0.2) is 11.4 Å². The van der Waals surface area contributed by atoms with Crippen molar-refractivity contribution in [1.29, 1.82) is 0 Å². The molecule has 3 atom stereocenters. The third kappa shape index (κ3) is 8.47. The van der Waals surface area contributed by atoms with Crippen molar-refractivity contribution in [3.63, 3.8) is 0 Å².